The number of nitrogens with zero attached hydrogens (tertiary/aromatic N) is 1. The number of nitrogens with one attached hydrogen (secondary N) is 1. The summed E-state index contributed by atoms with van der Waals surface area (Å²) in [5, 5.41) is 3.28. The van der Waals surface area contributed by atoms with E-state index in [9.17, 15) is 4.79 Å². The van der Waals surface area contributed by atoms with Crippen LogP contribution in [0.2, 0.25) is 0 Å². The fourth-order valence-electron chi connectivity index (χ4n) is 2.03. The van der Waals surface area contributed by atoms with Crippen LogP contribution in [0.15, 0.2) is 22.7 Å². The summed E-state index contributed by atoms with van der Waals surface area (Å²) in [6.07, 6.45) is 0.752. The molecule has 1 fully saturated rings. The fraction of sp³-hybridized carbons (Fsp3) is 0.462. The van der Waals surface area contributed by atoms with Gasteiger partial charge >= 0.3 is 0 Å². The highest BCUT2D eigenvalue weighted by atomic mass is 79.9. The minimum atomic E-state index is -0.0802. The highest BCUT2D eigenvalue weighted by Gasteiger charge is 2.25. The van der Waals surface area contributed by atoms with Crippen LogP contribution in [-0.2, 0) is 11.2 Å². The van der Waals surface area contributed by atoms with Crippen LogP contribution in [0, 0.1) is 6.92 Å². The van der Waals surface area contributed by atoms with Crippen LogP contribution in [0.25, 0.3) is 0 Å². The molecule has 1 unspecified atom stereocenters. The van der Waals surface area contributed by atoms with Crippen molar-refractivity contribution in [3.05, 3.63) is 33.8 Å². The molecule has 1 heterocycles. The lowest BCUT2D eigenvalue weighted by atomic mass is 10.0. The molecule has 2 rings (SSSR count). The van der Waals surface area contributed by atoms with Crippen molar-refractivity contribution in [2.45, 2.75) is 19.4 Å². The van der Waals surface area contributed by atoms with Crippen molar-refractivity contribution in [2.24, 2.45) is 0 Å². The molecule has 3 nitrogen and oxygen atoms in total. The third kappa shape index (κ3) is 2.87. The summed E-state index contributed by atoms with van der Waals surface area (Å²) in [6, 6.07) is 6.18. The van der Waals surface area contributed by atoms with Gasteiger partial charge in [0.05, 0.1) is 6.04 Å². The van der Waals surface area contributed by atoms with Crippen molar-refractivity contribution in [3.8, 4) is 0 Å². The van der Waals surface area contributed by atoms with Gasteiger partial charge in [-0.25, -0.2) is 0 Å². The van der Waals surface area contributed by atoms with E-state index >= 15 is 0 Å². The first kappa shape index (κ1) is 12.6. The first-order valence-electron chi connectivity index (χ1n) is 5.81. The van der Waals surface area contributed by atoms with Crippen LogP contribution >= 0.6 is 15.9 Å². The predicted octanol–water partition coefficient (Wildman–Crippen LogP) is 1.73. The Morgan fingerprint density at radius 1 is 1.53 bits per heavy atom. The number of hydrogen-bond acceptors (Lipinski definition) is 2. The lowest BCUT2D eigenvalue weighted by molar-refractivity contribution is -0.134. The zero-order valence-corrected chi connectivity index (χ0v) is 11.8. The van der Waals surface area contributed by atoms with Crippen molar-refractivity contribution in [2.75, 3.05) is 20.1 Å². The molecule has 0 radical (unpaired) electrons. The standard InChI is InChI=1S/C13H17BrN2O/c1-9-3-4-10(7-11(9)14)8-12-13(17)16(2)6-5-15-12/h3-4,7,12,15H,5-6,8H2,1-2H3. The minimum absolute atomic E-state index is 0.0802. The lowest BCUT2D eigenvalue weighted by Gasteiger charge is -2.30. The van der Waals surface area contributed by atoms with Gasteiger partial charge in [-0.05, 0) is 30.5 Å². The molecule has 0 aromatic heterocycles. The summed E-state index contributed by atoms with van der Waals surface area (Å²) in [4.78, 5) is 13.7. The number of likely N-dealkylation sites (N-methyl/N-ethyl adjacent to an activating group) is 1. The molecule has 1 amide bonds. The number of halogens is 1. The van der Waals surface area contributed by atoms with Gasteiger partial charge in [0, 0.05) is 24.6 Å². The second-order valence-corrected chi connectivity index (χ2v) is 5.41. The molecule has 1 aromatic carbocycles. The van der Waals surface area contributed by atoms with Crippen molar-refractivity contribution >= 4 is 21.8 Å². The maximum absolute atomic E-state index is 11.9. The first-order valence-corrected chi connectivity index (χ1v) is 6.60. The van der Waals surface area contributed by atoms with Crippen LogP contribution in [0.4, 0.5) is 0 Å². The number of carbonyl (C=O) groups is 1. The van der Waals surface area contributed by atoms with E-state index in [4.69, 9.17) is 0 Å². The Balaban J connectivity index is 2.09. The Labute approximate surface area is 110 Å². The molecule has 17 heavy (non-hydrogen) atoms. The van der Waals surface area contributed by atoms with Crippen LogP contribution in [-0.4, -0.2) is 37.0 Å². The maximum Gasteiger partial charge on any atom is 0.239 e. The van der Waals surface area contributed by atoms with E-state index < -0.39 is 0 Å². The van der Waals surface area contributed by atoms with Gasteiger partial charge in [-0.15, -0.1) is 0 Å². The van der Waals surface area contributed by atoms with E-state index in [0.717, 1.165) is 24.0 Å². The molecule has 0 saturated carbocycles. The molecule has 1 saturated heterocycles. The first-order chi connectivity index (χ1) is 8.08. The SMILES string of the molecule is Cc1ccc(CC2NCCN(C)C2=O)cc1Br. The molecule has 0 bridgehead atoms. The van der Waals surface area contributed by atoms with Gasteiger partial charge in [0.1, 0.15) is 0 Å². The van der Waals surface area contributed by atoms with E-state index in [1.807, 2.05) is 7.05 Å². The zero-order chi connectivity index (χ0) is 12.4. The maximum atomic E-state index is 11.9. The summed E-state index contributed by atoms with van der Waals surface area (Å²) >= 11 is 3.52. The molecule has 1 atom stereocenters. The summed E-state index contributed by atoms with van der Waals surface area (Å²) in [5.74, 6) is 0.188. The number of aryl methyl sites for hydroxylation is 1. The summed E-state index contributed by atoms with van der Waals surface area (Å²) in [7, 11) is 1.86. The van der Waals surface area contributed by atoms with Crippen molar-refractivity contribution in [1.29, 1.82) is 0 Å². The Hall–Kier alpha value is -0.870. The third-order valence-corrected chi connectivity index (χ3v) is 4.04. The Morgan fingerprint density at radius 3 is 3.00 bits per heavy atom. The number of rotatable bonds is 2. The van der Waals surface area contributed by atoms with Crippen molar-refractivity contribution in [1.82, 2.24) is 10.2 Å². The lowest BCUT2D eigenvalue weighted by Crippen LogP contribution is -2.54. The average Bonchev–Trinajstić information content (AvgIpc) is 2.30. The van der Waals surface area contributed by atoms with E-state index in [1.54, 1.807) is 4.90 Å². The summed E-state index contributed by atoms with van der Waals surface area (Å²) in [5.41, 5.74) is 2.40. The Bertz CT molecular complexity index is 433. The summed E-state index contributed by atoms with van der Waals surface area (Å²) in [6.45, 7) is 3.73. The molecule has 1 aliphatic heterocycles. The van der Waals surface area contributed by atoms with Crippen molar-refractivity contribution < 1.29 is 4.79 Å². The Kier molecular flexibility index (Phi) is 3.84. The quantitative estimate of drug-likeness (QED) is 0.901. The number of amides is 1. The zero-order valence-electron chi connectivity index (χ0n) is 10.2. The van der Waals surface area contributed by atoms with Crippen LogP contribution < -0.4 is 5.32 Å². The predicted molar refractivity (Wildman–Crippen MR) is 72.0 cm³/mol. The van der Waals surface area contributed by atoms with Gasteiger partial charge < -0.3 is 10.2 Å². The third-order valence-electron chi connectivity index (χ3n) is 3.19. The van der Waals surface area contributed by atoms with Gasteiger partial charge in [-0.3, -0.25) is 4.79 Å². The molecule has 92 valence electrons. The number of hydrogen-bond donors (Lipinski definition) is 1. The summed E-state index contributed by atoms with van der Waals surface area (Å²) < 4.78 is 1.10. The van der Waals surface area contributed by atoms with Crippen molar-refractivity contribution in [3.63, 3.8) is 0 Å². The van der Waals surface area contributed by atoms with E-state index in [0.29, 0.717) is 0 Å². The molecule has 4 heteroatoms. The second kappa shape index (κ2) is 5.19. The van der Waals surface area contributed by atoms with Gasteiger partial charge in [0.2, 0.25) is 5.91 Å². The van der Waals surface area contributed by atoms with Crippen LogP contribution in [0.3, 0.4) is 0 Å². The molecule has 0 spiro atoms. The number of carbonyl (C=O) groups excluding carboxylic acids is 1. The largest absolute Gasteiger partial charge is 0.343 e. The minimum Gasteiger partial charge on any atom is -0.343 e. The van der Waals surface area contributed by atoms with Crippen LogP contribution in [0.5, 0.6) is 0 Å². The van der Waals surface area contributed by atoms with E-state index in [2.05, 4.69) is 46.4 Å². The van der Waals surface area contributed by atoms with Crippen LogP contribution in [0.1, 0.15) is 11.1 Å². The number of benzene rings is 1. The monoisotopic (exact) mass is 296 g/mol. The highest BCUT2D eigenvalue weighted by Crippen LogP contribution is 2.19. The normalized spacial score (nSPS) is 20.8. The Morgan fingerprint density at radius 2 is 2.29 bits per heavy atom. The van der Waals surface area contributed by atoms with Gasteiger partial charge in [-0.2, -0.15) is 0 Å². The van der Waals surface area contributed by atoms with Gasteiger partial charge in [0.25, 0.3) is 0 Å². The van der Waals surface area contributed by atoms with Gasteiger partial charge in [-0.1, -0.05) is 28.1 Å². The highest BCUT2D eigenvalue weighted by molar-refractivity contribution is 9.10. The molecular formula is C13H17BrN2O. The number of piperazine rings is 1. The molecule has 1 aliphatic rings. The smallest absolute Gasteiger partial charge is 0.239 e. The van der Waals surface area contributed by atoms with E-state index in [1.165, 1.54) is 11.1 Å². The molecular weight excluding hydrogens is 280 g/mol. The van der Waals surface area contributed by atoms with E-state index in [-0.39, 0.29) is 11.9 Å². The second-order valence-electron chi connectivity index (χ2n) is 4.55. The molecule has 1 aromatic rings. The molecule has 1 N–H and O–H groups in total. The average molecular weight is 297 g/mol. The topological polar surface area (TPSA) is 32.3 Å². The fourth-order valence-corrected chi connectivity index (χ4v) is 2.45. The van der Waals surface area contributed by atoms with Gasteiger partial charge in [0.15, 0.2) is 0 Å². The molecule has 0 aliphatic carbocycles.